The third kappa shape index (κ3) is 6.13. The van der Waals surface area contributed by atoms with Gasteiger partial charge in [0.15, 0.2) is 0 Å². The van der Waals surface area contributed by atoms with Crippen LogP contribution in [-0.2, 0) is 11.3 Å². The molecule has 2 amide bonds. The molecule has 0 aromatic heterocycles. The summed E-state index contributed by atoms with van der Waals surface area (Å²) < 4.78 is 6.05. The molecule has 0 saturated heterocycles. The molecule has 5 heteroatoms. The van der Waals surface area contributed by atoms with Crippen LogP contribution in [0.1, 0.15) is 44.6 Å². The van der Waals surface area contributed by atoms with E-state index in [2.05, 4.69) is 12.2 Å². The van der Waals surface area contributed by atoms with Gasteiger partial charge < -0.3 is 20.1 Å². The van der Waals surface area contributed by atoms with E-state index in [0.29, 0.717) is 25.7 Å². The van der Waals surface area contributed by atoms with Crippen LogP contribution in [0.3, 0.4) is 0 Å². The van der Waals surface area contributed by atoms with Crippen molar-refractivity contribution in [3.8, 4) is 0 Å². The van der Waals surface area contributed by atoms with Crippen LogP contribution in [0.25, 0.3) is 0 Å². The minimum absolute atomic E-state index is 0.0875. The lowest BCUT2D eigenvalue weighted by Gasteiger charge is -2.26. The molecule has 0 spiro atoms. The molecule has 1 aromatic rings. The number of aliphatic hydroxyl groups is 1. The number of ether oxygens (including phenoxy) is 1. The zero-order valence-corrected chi connectivity index (χ0v) is 14.8. The lowest BCUT2D eigenvalue weighted by molar-refractivity contribution is 0.00468. The Kier molecular flexibility index (Phi) is 7.53. The van der Waals surface area contributed by atoms with E-state index in [0.717, 1.165) is 30.0 Å². The molecular formula is C19H30N2O3. The van der Waals surface area contributed by atoms with E-state index in [1.165, 1.54) is 12.8 Å². The van der Waals surface area contributed by atoms with Crippen molar-refractivity contribution in [1.29, 1.82) is 0 Å². The first-order chi connectivity index (χ1) is 11.6. The second-order valence-corrected chi connectivity index (χ2v) is 6.83. The van der Waals surface area contributed by atoms with Crippen LogP contribution in [0.2, 0.25) is 0 Å². The normalized spacial score (nSPS) is 20.6. The largest absolute Gasteiger partial charge is 0.396 e. The van der Waals surface area contributed by atoms with Crippen LogP contribution in [0, 0.1) is 5.92 Å². The second kappa shape index (κ2) is 9.64. The number of nitrogens with one attached hydrogen (secondary N) is 1. The molecule has 134 valence electrons. The van der Waals surface area contributed by atoms with E-state index in [1.807, 2.05) is 24.3 Å². The van der Waals surface area contributed by atoms with Gasteiger partial charge in [0.25, 0.3) is 0 Å². The first kappa shape index (κ1) is 18.7. The number of aliphatic hydroxyl groups excluding tert-OH is 1. The zero-order valence-electron chi connectivity index (χ0n) is 14.8. The summed E-state index contributed by atoms with van der Waals surface area (Å²) in [6, 6.07) is 7.64. The average molecular weight is 334 g/mol. The first-order valence-corrected chi connectivity index (χ1v) is 8.92. The molecule has 0 bridgehead atoms. The number of amides is 2. The molecule has 1 aliphatic carbocycles. The third-order valence-electron chi connectivity index (χ3n) is 4.55. The van der Waals surface area contributed by atoms with Gasteiger partial charge in [-0.3, -0.25) is 0 Å². The van der Waals surface area contributed by atoms with Crippen LogP contribution in [0.5, 0.6) is 0 Å². The van der Waals surface area contributed by atoms with Crippen molar-refractivity contribution in [3.63, 3.8) is 0 Å². The number of hydrogen-bond donors (Lipinski definition) is 2. The van der Waals surface area contributed by atoms with Crippen molar-refractivity contribution in [1.82, 2.24) is 4.90 Å². The fraction of sp³-hybridized carbons (Fsp3) is 0.632. The molecule has 24 heavy (non-hydrogen) atoms. The monoisotopic (exact) mass is 334 g/mol. The highest BCUT2D eigenvalue weighted by Crippen LogP contribution is 2.26. The van der Waals surface area contributed by atoms with Gasteiger partial charge in [-0.25, -0.2) is 4.79 Å². The second-order valence-electron chi connectivity index (χ2n) is 6.83. The van der Waals surface area contributed by atoms with Gasteiger partial charge in [0, 0.05) is 25.9 Å². The average Bonchev–Trinajstić information content (AvgIpc) is 2.58. The molecule has 2 atom stereocenters. The summed E-state index contributed by atoms with van der Waals surface area (Å²) in [5, 5.41) is 11.7. The number of urea groups is 1. The summed E-state index contributed by atoms with van der Waals surface area (Å²) in [5.74, 6) is 0.754. The van der Waals surface area contributed by atoms with E-state index < -0.39 is 0 Å². The van der Waals surface area contributed by atoms with Gasteiger partial charge in [-0.05, 0) is 42.9 Å². The summed E-state index contributed by atoms with van der Waals surface area (Å²) in [5.41, 5.74) is 1.85. The molecule has 1 aliphatic rings. The zero-order chi connectivity index (χ0) is 17.4. The predicted molar refractivity (Wildman–Crippen MR) is 96.0 cm³/mol. The molecule has 0 aliphatic heterocycles. The SMILES string of the molecule is C[C@H]1CCC[C@@H](OCc2cccc(NC(=O)N(C)CCCO)c2)C1. The molecule has 5 nitrogen and oxygen atoms in total. The number of anilines is 1. The summed E-state index contributed by atoms with van der Waals surface area (Å²) in [4.78, 5) is 13.6. The highest BCUT2D eigenvalue weighted by atomic mass is 16.5. The number of nitrogens with zero attached hydrogens (tertiary/aromatic N) is 1. The smallest absolute Gasteiger partial charge is 0.321 e. The lowest BCUT2D eigenvalue weighted by atomic mass is 9.89. The van der Waals surface area contributed by atoms with Gasteiger partial charge in [0.05, 0.1) is 12.7 Å². The van der Waals surface area contributed by atoms with Crippen LogP contribution >= 0.6 is 0 Å². The minimum Gasteiger partial charge on any atom is -0.396 e. The van der Waals surface area contributed by atoms with E-state index in [4.69, 9.17) is 9.84 Å². The Hall–Kier alpha value is -1.59. The highest BCUT2D eigenvalue weighted by Gasteiger charge is 2.19. The Morgan fingerprint density at radius 2 is 2.25 bits per heavy atom. The Morgan fingerprint density at radius 3 is 3.00 bits per heavy atom. The fourth-order valence-electron chi connectivity index (χ4n) is 3.11. The van der Waals surface area contributed by atoms with Gasteiger partial charge in [-0.2, -0.15) is 0 Å². The van der Waals surface area contributed by atoms with Gasteiger partial charge in [-0.1, -0.05) is 31.9 Å². The third-order valence-corrected chi connectivity index (χ3v) is 4.55. The van der Waals surface area contributed by atoms with E-state index in [1.54, 1.807) is 11.9 Å². The number of carbonyl (C=O) groups excluding carboxylic acids is 1. The van der Waals surface area contributed by atoms with Crippen LogP contribution in [-0.4, -0.2) is 42.3 Å². The van der Waals surface area contributed by atoms with E-state index in [9.17, 15) is 4.79 Å². The van der Waals surface area contributed by atoms with Crippen molar-refractivity contribution in [2.24, 2.45) is 5.92 Å². The topological polar surface area (TPSA) is 61.8 Å². The number of benzene rings is 1. The predicted octanol–water partition coefficient (Wildman–Crippen LogP) is 3.63. The summed E-state index contributed by atoms with van der Waals surface area (Å²) >= 11 is 0. The van der Waals surface area contributed by atoms with Gasteiger partial charge in [0.2, 0.25) is 0 Å². The number of carbonyl (C=O) groups is 1. The molecule has 2 N–H and O–H groups in total. The molecule has 1 saturated carbocycles. The maximum Gasteiger partial charge on any atom is 0.321 e. The van der Waals surface area contributed by atoms with Crippen molar-refractivity contribution in [2.75, 3.05) is 25.5 Å². The van der Waals surface area contributed by atoms with Crippen LogP contribution in [0.4, 0.5) is 10.5 Å². The lowest BCUT2D eigenvalue weighted by Crippen LogP contribution is -2.32. The Bertz CT molecular complexity index is 521. The molecule has 1 fully saturated rings. The van der Waals surface area contributed by atoms with E-state index >= 15 is 0 Å². The van der Waals surface area contributed by atoms with Crippen molar-refractivity contribution >= 4 is 11.7 Å². The Labute approximate surface area is 145 Å². The van der Waals surface area contributed by atoms with Gasteiger partial charge >= 0.3 is 6.03 Å². The van der Waals surface area contributed by atoms with Crippen molar-refractivity contribution in [3.05, 3.63) is 29.8 Å². The van der Waals surface area contributed by atoms with Crippen molar-refractivity contribution < 1.29 is 14.6 Å². The maximum atomic E-state index is 12.1. The van der Waals surface area contributed by atoms with Crippen molar-refractivity contribution in [2.45, 2.75) is 51.7 Å². The summed E-state index contributed by atoms with van der Waals surface area (Å²) in [6.07, 6.45) is 5.80. The number of rotatable bonds is 7. The van der Waals surface area contributed by atoms with Crippen LogP contribution < -0.4 is 5.32 Å². The quantitative estimate of drug-likeness (QED) is 0.800. The van der Waals surface area contributed by atoms with Crippen LogP contribution in [0.15, 0.2) is 24.3 Å². The molecule has 0 heterocycles. The standard InChI is InChI=1S/C19H30N2O3/c1-15-6-3-9-18(12-15)24-14-16-7-4-8-17(13-16)20-19(23)21(2)10-5-11-22/h4,7-8,13,15,18,22H,3,5-6,9-12,14H2,1-2H3,(H,20,23)/t15-,18+/m0/s1. The molecule has 1 aromatic carbocycles. The fourth-order valence-corrected chi connectivity index (χ4v) is 3.11. The Morgan fingerprint density at radius 1 is 1.42 bits per heavy atom. The minimum atomic E-state index is -0.164. The maximum absolute atomic E-state index is 12.1. The molecule has 2 rings (SSSR count). The molecular weight excluding hydrogens is 304 g/mol. The highest BCUT2D eigenvalue weighted by molar-refractivity contribution is 5.89. The van der Waals surface area contributed by atoms with E-state index in [-0.39, 0.29) is 12.6 Å². The first-order valence-electron chi connectivity index (χ1n) is 8.92. The Balaban J connectivity index is 1.83. The summed E-state index contributed by atoms with van der Waals surface area (Å²) in [6.45, 7) is 3.50. The van der Waals surface area contributed by atoms with Gasteiger partial charge in [-0.15, -0.1) is 0 Å². The van der Waals surface area contributed by atoms with Gasteiger partial charge in [0.1, 0.15) is 0 Å². The number of hydrogen-bond acceptors (Lipinski definition) is 3. The molecule has 0 radical (unpaired) electrons. The summed E-state index contributed by atoms with van der Waals surface area (Å²) in [7, 11) is 1.72. The molecule has 0 unspecified atom stereocenters.